The number of esters is 3. The lowest BCUT2D eigenvalue weighted by atomic mass is 9.85. The van der Waals surface area contributed by atoms with Gasteiger partial charge in [-0.15, -0.1) is 0 Å². The fraction of sp³-hybridized carbons (Fsp3) is 0.421. The summed E-state index contributed by atoms with van der Waals surface area (Å²) in [5, 5.41) is 0. The first kappa shape index (κ1) is 18.7. The summed E-state index contributed by atoms with van der Waals surface area (Å²) in [5.41, 5.74) is -1.05. The SMILES string of the molecule is C/C=C/[C@H]1CC(C(=O)OC)(C(=O)OC)C[C@H]1OC(=O)c1ccccc1. The average Bonchev–Trinajstić information content (AvgIpc) is 3.00. The molecule has 6 nitrogen and oxygen atoms in total. The van der Waals surface area contributed by atoms with Crippen LogP contribution in [0.1, 0.15) is 30.1 Å². The fourth-order valence-electron chi connectivity index (χ4n) is 3.27. The molecule has 6 heteroatoms. The Morgan fingerprint density at radius 2 is 1.64 bits per heavy atom. The van der Waals surface area contributed by atoms with Gasteiger partial charge in [0.05, 0.1) is 19.8 Å². The molecule has 134 valence electrons. The van der Waals surface area contributed by atoms with E-state index in [9.17, 15) is 14.4 Å². The molecule has 1 aliphatic rings. The van der Waals surface area contributed by atoms with E-state index in [0.29, 0.717) is 5.56 Å². The first-order valence-corrected chi connectivity index (χ1v) is 8.04. The number of rotatable bonds is 5. The van der Waals surface area contributed by atoms with Gasteiger partial charge in [0.15, 0.2) is 5.41 Å². The van der Waals surface area contributed by atoms with E-state index in [1.807, 2.05) is 13.0 Å². The minimum Gasteiger partial charge on any atom is -0.468 e. The Morgan fingerprint density at radius 1 is 1.04 bits per heavy atom. The van der Waals surface area contributed by atoms with E-state index in [-0.39, 0.29) is 18.8 Å². The molecule has 1 aromatic rings. The first-order chi connectivity index (χ1) is 12.0. The third kappa shape index (κ3) is 3.73. The monoisotopic (exact) mass is 346 g/mol. The zero-order valence-corrected chi connectivity index (χ0v) is 14.6. The normalized spacial score (nSPS) is 21.7. The van der Waals surface area contributed by atoms with Crippen molar-refractivity contribution in [3.05, 3.63) is 48.0 Å². The van der Waals surface area contributed by atoms with Gasteiger partial charge in [0.2, 0.25) is 0 Å². The molecule has 25 heavy (non-hydrogen) atoms. The van der Waals surface area contributed by atoms with Gasteiger partial charge in [0.25, 0.3) is 0 Å². The summed E-state index contributed by atoms with van der Waals surface area (Å²) < 4.78 is 15.2. The molecule has 0 aromatic heterocycles. The van der Waals surface area contributed by atoms with E-state index in [1.54, 1.807) is 36.4 Å². The van der Waals surface area contributed by atoms with Crippen LogP contribution in [0.3, 0.4) is 0 Å². The van der Waals surface area contributed by atoms with Crippen molar-refractivity contribution >= 4 is 17.9 Å². The molecule has 1 saturated carbocycles. The maximum absolute atomic E-state index is 12.4. The lowest BCUT2D eigenvalue weighted by molar-refractivity contribution is -0.169. The maximum Gasteiger partial charge on any atom is 0.338 e. The highest BCUT2D eigenvalue weighted by atomic mass is 16.6. The van der Waals surface area contributed by atoms with Crippen LogP contribution in [-0.2, 0) is 23.8 Å². The molecule has 0 amide bonds. The molecular formula is C19H22O6. The lowest BCUT2D eigenvalue weighted by Gasteiger charge is -2.22. The molecule has 0 radical (unpaired) electrons. The standard InChI is InChI=1S/C19H22O6/c1-4-8-14-11-19(17(21)23-2,18(22)24-3)12-15(14)25-16(20)13-9-6-5-7-10-13/h4-10,14-15H,11-12H2,1-3H3/b8-4+/t14-,15+/m0/s1. The molecule has 0 unspecified atom stereocenters. The summed E-state index contributed by atoms with van der Waals surface area (Å²) in [6, 6.07) is 8.57. The number of carbonyl (C=O) groups excluding carboxylic acids is 3. The summed E-state index contributed by atoms with van der Waals surface area (Å²) in [6.07, 6.45) is 3.21. The lowest BCUT2D eigenvalue weighted by Crippen LogP contribution is -2.39. The van der Waals surface area contributed by atoms with Crippen molar-refractivity contribution in [3.63, 3.8) is 0 Å². The van der Waals surface area contributed by atoms with Crippen LogP contribution in [0.15, 0.2) is 42.5 Å². The van der Waals surface area contributed by atoms with Gasteiger partial charge >= 0.3 is 17.9 Å². The molecule has 0 heterocycles. The van der Waals surface area contributed by atoms with Crippen molar-refractivity contribution in [2.75, 3.05) is 14.2 Å². The van der Waals surface area contributed by atoms with Crippen LogP contribution in [0.4, 0.5) is 0 Å². The van der Waals surface area contributed by atoms with Crippen LogP contribution in [0, 0.1) is 11.3 Å². The minimum atomic E-state index is -1.46. The summed E-state index contributed by atoms with van der Waals surface area (Å²) >= 11 is 0. The molecule has 0 N–H and O–H groups in total. The molecule has 2 atom stereocenters. The van der Waals surface area contributed by atoms with Gasteiger partial charge in [-0.2, -0.15) is 0 Å². The van der Waals surface area contributed by atoms with Gasteiger partial charge < -0.3 is 14.2 Å². The molecule has 1 aromatic carbocycles. The highest BCUT2D eigenvalue weighted by Crippen LogP contribution is 2.46. The quantitative estimate of drug-likeness (QED) is 0.353. The zero-order chi connectivity index (χ0) is 18.4. The van der Waals surface area contributed by atoms with E-state index in [2.05, 4.69) is 0 Å². The molecule has 2 rings (SSSR count). The molecule has 0 aliphatic heterocycles. The third-order valence-electron chi connectivity index (χ3n) is 4.47. The first-order valence-electron chi connectivity index (χ1n) is 8.04. The number of carbonyl (C=O) groups is 3. The Morgan fingerprint density at radius 3 is 2.16 bits per heavy atom. The van der Waals surface area contributed by atoms with Crippen LogP contribution in [0.25, 0.3) is 0 Å². The topological polar surface area (TPSA) is 78.9 Å². The number of allylic oxidation sites excluding steroid dienone is 1. The average molecular weight is 346 g/mol. The molecule has 0 saturated heterocycles. The summed E-state index contributed by atoms with van der Waals surface area (Å²) in [5.74, 6) is -2.12. The maximum atomic E-state index is 12.4. The van der Waals surface area contributed by atoms with Gasteiger partial charge in [-0.3, -0.25) is 9.59 Å². The van der Waals surface area contributed by atoms with E-state index < -0.39 is 29.4 Å². The molecule has 1 aliphatic carbocycles. The highest BCUT2D eigenvalue weighted by Gasteiger charge is 2.58. The van der Waals surface area contributed by atoms with Crippen molar-refractivity contribution < 1.29 is 28.6 Å². The Kier molecular flexibility index (Phi) is 5.96. The molecular weight excluding hydrogens is 324 g/mol. The van der Waals surface area contributed by atoms with Crippen molar-refractivity contribution in [1.29, 1.82) is 0 Å². The Hall–Kier alpha value is -2.63. The van der Waals surface area contributed by atoms with Gasteiger partial charge in [0, 0.05) is 12.3 Å². The third-order valence-corrected chi connectivity index (χ3v) is 4.47. The van der Waals surface area contributed by atoms with Gasteiger partial charge in [0.1, 0.15) is 6.10 Å². The number of hydrogen-bond donors (Lipinski definition) is 0. The number of benzene rings is 1. The second-order valence-electron chi connectivity index (χ2n) is 5.97. The summed E-state index contributed by atoms with van der Waals surface area (Å²) in [7, 11) is 2.45. The Balaban J connectivity index is 2.28. The fourth-order valence-corrected chi connectivity index (χ4v) is 3.27. The number of hydrogen-bond acceptors (Lipinski definition) is 6. The Bertz CT molecular complexity index is 648. The second-order valence-corrected chi connectivity index (χ2v) is 5.97. The second kappa shape index (κ2) is 7.96. The van der Waals surface area contributed by atoms with Crippen LogP contribution >= 0.6 is 0 Å². The number of ether oxygens (including phenoxy) is 3. The highest BCUT2D eigenvalue weighted by molar-refractivity contribution is 6.00. The van der Waals surface area contributed by atoms with Gasteiger partial charge in [-0.05, 0) is 25.5 Å². The van der Waals surface area contributed by atoms with Crippen LogP contribution < -0.4 is 0 Å². The van der Waals surface area contributed by atoms with Crippen molar-refractivity contribution in [3.8, 4) is 0 Å². The van der Waals surface area contributed by atoms with E-state index in [4.69, 9.17) is 14.2 Å². The van der Waals surface area contributed by atoms with Crippen LogP contribution in [0.5, 0.6) is 0 Å². The number of methoxy groups -OCH3 is 2. The summed E-state index contributed by atoms with van der Waals surface area (Å²) in [4.78, 5) is 37.0. The smallest absolute Gasteiger partial charge is 0.338 e. The minimum absolute atomic E-state index is 0.0277. The molecule has 1 fully saturated rings. The van der Waals surface area contributed by atoms with Crippen LogP contribution in [-0.4, -0.2) is 38.2 Å². The van der Waals surface area contributed by atoms with Gasteiger partial charge in [-0.25, -0.2) is 4.79 Å². The van der Waals surface area contributed by atoms with E-state index >= 15 is 0 Å². The molecule has 0 bridgehead atoms. The van der Waals surface area contributed by atoms with E-state index in [0.717, 1.165) is 0 Å². The predicted octanol–water partition coefficient (Wildman–Crippen LogP) is 2.53. The van der Waals surface area contributed by atoms with Crippen molar-refractivity contribution in [2.24, 2.45) is 11.3 Å². The Labute approximate surface area is 146 Å². The van der Waals surface area contributed by atoms with Crippen molar-refractivity contribution in [1.82, 2.24) is 0 Å². The predicted molar refractivity (Wildman–Crippen MR) is 89.6 cm³/mol. The summed E-state index contributed by atoms with van der Waals surface area (Å²) in [6.45, 7) is 1.83. The largest absolute Gasteiger partial charge is 0.468 e. The molecule has 0 spiro atoms. The van der Waals surface area contributed by atoms with Crippen LogP contribution in [0.2, 0.25) is 0 Å². The van der Waals surface area contributed by atoms with Crippen molar-refractivity contribution in [2.45, 2.75) is 25.9 Å². The zero-order valence-electron chi connectivity index (χ0n) is 14.6. The van der Waals surface area contributed by atoms with Gasteiger partial charge in [-0.1, -0.05) is 30.4 Å². The van der Waals surface area contributed by atoms with E-state index in [1.165, 1.54) is 14.2 Å².